The molecule has 9 heteroatoms. The van der Waals surface area contributed by atoms with Crippen LogP contribution in [0.25, 0.3) is 0 Å². The van der Waals surface area contributed by atoms with Crippen molar-refractivity contribution in [2.24, 2.45) is 0 Å². The van der Waals surface area contributed by atoms with Crippen LogP contribution < -0.4 is 10.1 Å². The van der Waals surface area contributed by atoms with Crippen LogP contribution in [0.2, 0.25) is 0 Å². The quantitative estimate of drug-likeness (QED) is 0.709. The molecule has 0 atom stereocenters. The minimum absolute atomic E-state index is 0. The maximum absolute atomic E-state index is 12.8. The second-order valence-corrected chi connectivity index (χ2v) is 8.01. The molecule has 0 saturated carbocycles. The van der Waals surface area contributed by atoms with Crippen LogP contribution in [0.5, 0.6) is 5.75 Å². The monoisotopic (exact) mass is 470 g/mol. The van der Waals surface area contributed by atoms with E-state index < -0.39 is 11.7 Å². The highest BCUT2D eigenvalue weighted by atomic mass is 35.5. The van der Waals surface area contributed by atoms with Crippen LogP contribution in [-0.4, -0.2) is 50.2 Å². The van der Waals surface area contributed by atoms with Crippen LogP contribution in [0, 0.1) is 0 Å². The third kappa shape index (κ3) is 5.03. The zero-order valence-corrected chi connectivity index (χ0v) is 18.5. The molecule has 0 unspecified atom stereocenters. The third-order valence-electron chi connectivity index (χ3n) is 6.08. The summed E-state index contributed by atoms with van der Waals surface area (Å²) in [5.41, 5.74) is 0.671. The number of hydrogen-bond donors (Lipinski definition) is 1. The average molecular weight is 471 g/mol. The SMILES string of the molecule is COC1(c2ccc(C(=O)N3CCC(Oc4ccc(C(F)(F)F)cc4)CC3)cc2)CNC1.Cl. The van der Waals surface area contributed by atoms with Crippen LogP contribution in [-0.2, 0) is 16.5 Å². The van der Waals surface area contributed by atoms with E-state index in [0.29, 0.717) is 37.2 Å². The third-order valence-corrected chi connectivity index (χ3v) is 6.08. The summed E-state index contributed by atoms with van der Waals surface area (Å²) in [7, 11) is 1.69. The van der Waals surface area contributed by atoms with Gasteiger partial charge in [0.15, 0.2) is 0 Å². The van der Waals surface area contributed by atoms with Gasteiger partial charge in [-0.05, 0) is 42.0 Å². The molecule has 2 fully saturated rings. The van der Waals surface area contributed by atoms with Crippen molar-refractivity contribution in [3.8, 4) is 5.75 Å². The number of likely N-dealkylation sites (tertiary alicyclic amines) is 1. The van der Waals surface area contributed by atoms with Crippen LogP contribution in [0.4, 0.5) is 13.2 Å². The van der Waals surface area contributed by atoms with Crippen LogP contribution in [0.15, 0.2) is 48.5 Å². The van der Waals surface area contributed by atoms with Crippen molar-refractivity contribution in [3.63, 3.8) is 0 Å². The van der Waals surface area contributed by atoms with Gasteiger partial charge in [0.05, 0.1) is 5.56 Å². The van der Waals surface area contributed by atoms with Gasteiger partial charge in [-0.2, -0.15) is 13.2 Å². The Morgan fingerprint density at radius 3 is 2.09 bits per heavy atom. The smallest absolute Gasteiger partial charge is 0.416 e. The van der Waals surface area contributed by atoms with Crippen LogP contribution >= 0.6 is 12.4 Å². The second-order valence-electron chi connectivity index (χ2n) is 8.01. The van der Waals surface area contributed by atoms with Crippen molar-refractivity contribution in [2.75, 3.05) is 33.3 Å². The first-order chi connectivity index (χ1) is 14.8. The fourth-order valence-electron chi connectivity index (χ4n) is 4.01. The van der Waals surface area contributed by atoms with Gasteiger partial charge >= 0.3 is 6.18 Å². The Morgan fingerprint density at radius 1 is 1.03 bits per heavy atom. The average Bonchev–Trinajstić information content (AvgIpc) is 2.74. The highest BCUT2D eigenvalue weighted by molar-refractivity contribution is 5.94. The van der Waals surface area contributed by atoms with Gasteiger partial charge in [0.2, 0.25) is 0 Å². The molecule has 2 saturated heterocycles. The van der Waals surface area contributed by atoms with Crippen molar-refractivity contribution in [3.05, 3.63) is 65.2 Å². The number of nitrogens with zero attached hydrogens (tertiary/aromatic N) is 1. The van der Waals surface area contributed by atoms with E-state index in [9.17, 15) is 18.0 Å². The maximum Gasteiger partial charge on any atom is 0.416 e. The Balaban J connectivity index is 0.00000289. The molecule has 32 heavy (non-hydrogen) atoms. The van der Waals surface area contributed by atoms with Gasteiger partial charge < -0.3 is 19.7 Å². The number of alkyl halides is 3. The number of halogens is 4. The molecule has 2 aliphatic rings. The number of rotatable bonds is 5. The Labute approximate surface area is 191 Å². The van der Waals surface area contributed by atoms with Crippen LogP contribution in [0.1, 0.15) is 34.3 Å². The lowest BCUT2D eigenvalue weighted by Crippen LogP contribution is -2.57. The van der Waals surface area contributed by atoms with E-state index in [1.807, 2.05) is 24.3 Å². The Morgan fingerprint density at radius 2 is 1.62 bits per heavy atom. The first-order valence-electron chi connectivity index (χ1n) is 10.3. The molecule has 174 valence electrons. The molecule has 0 aliphatic carbocycles. The van der Waals surface area contributed by atoms with Gasteiger partial charge in [-0.3, -0.25) is 4.79 Å². The molecule has 2 aliphatic heterocycles. The second kappa shape index (κ2) is 9.68. The number of hydrogen-bond acceptors (Lipinski definition) is 4. The van der Waals surface area contributed by atoms with Gasteiger partial charge in [-0.1, -0.05) is 12.1 Å². The van der Waals surface area contributed by atoms with E-state index in [2.05, 4.69) is 5.32 Å². The standard InChI is InChI=1S/C23H25F3N2O3.ClH/c1-30-22(14-27-15-22)17-4-2-16(3-5-17)21(29)28-12-10-20(11-13-28)31-19-8-6-18(7-9-19)23(24,25)26;/h2-9,20,27H,10-15H2,1H3;1H. The van der Waals surface area contributed by atoms with Crippen molar-refractivity contribution < 1.29 is 27.4 Å². The van der Waals surface area contributed by atoms with E-state index in [0.717, 1.165) is 30.8 Å². The van der Waals surface area contributed by atoms with E-state index >= 15 is 0 Å². The van der Waals surface area contributed by atoms with Crippen molar-refractivity contribution >= 4 is 18.3 Å². The first kappa shape index (κ1) is 24.4. The highest BCUT2D eigenvalue weighted by Gasteiger charge is 2.38. The van der Waals surface area contributed by atoms with E-state index in [4.69, 9.17) is 9.47 Å². The molecule has 2 heterocycles. The lowest BCUT2D eigenvalue weighted by atomic mass is 9.87. The molecular formula is C23H26ClF3N2O3. The number of amides is 1. The van der Waals surface area contributed by atoms with Gasteiger partial charge in [0, 0.05) is 51.7 Å². The van der Waals surface area contributed by atoms with Gasteiger partial charge in [-0.15, -0.1) is 12.4 Å². The summed E-state index contributed by atoms with van der Waals surface area (Å²) in [4.78, 5) is 14.6. The number of carbonyl (C=O) groups excluding carboxylic acids is 1. The fourth-order valence-corrected chi connectivity index (χ4v) is 4.01. The molecule has 1 amide bonds. The number of nitrogens with one attached hydrogen (secondary N) is 1. The summed E-state index contributed by atoms with van der Waals surface area (Å²) in [6.45, 7) is 2.59. The Kier molecular flexibility index (Phi) is 7.37. The zero-order valence-electron chi connectivity index (χ0n) is 17.7. The first-order valence-corrected chi connectivity index (χ1v) is 10.3. The summed E-state index contributed by atoms with van der Waals surface area (Å²) in [6, 6.07) is 12.3. The Hall–Kier alpha value is -2.29. The molecule has 2 aromatic carbocycles. The minimum atomic E-state index is -4.36. The number of piperidine rings is 1. The van der Waals surface area contributed by atoms with E-state index in [1.165, 1.54) is 12.1 Å². The minimum Gasteiger partial charge on any atom is -0.490 e. The van der Waals surface area contributed by atoms with Crippen LogP contribution in [0.3, 0.4) is 0 Å². The predicted molar refractivity (Wildman–Crippen MR) is 116 cm³/mol. The summed E-state index contributed by atoms with van der Waals surface area (Å²) >= 11 is 0. The lowest BCUT2D eigenvalue weighted by Gasteiger charge is -2.41. The highest BCUT2D eigenvalue weighted by Crippen LogP contribution is 2.31. The zero-order chi connectivity index (χ0) is 22.1. The number of methoxy groups -OCH3 is 1. The molecule has 0 bridgehead atoms. The van der Waals surface area contributed by atoms with Crippen molar-refractivity contribution in [1.82, 2.24) is 10.2 Å². The summed E-state index contributed by atoms with van der Waals surface area (Å²) in [5.74, 6) is 0.378. The molecule has 1 N–H and O–H groups in total. The number of carbonyl (C=O) groups is 1. The van der Waals surface area contributed by atoms with Gasteiger partial charge in [0.25, 0.3) is 5.91 Å². The number of ether oxygens (including phenoxy) is 2. The molecule has 4 rings (SSSR count). The normalized spacial score (nSPS) is 18.4. The lowest BCUT2D eigenvalue weighted by molar-refractivity contribution is -0.137. The molecule has 0 radical (unpaired) electrons. The predicted octanol–water partition coefficient (Wildman–Crippen LogP) is 4.26. The maximum atomic E-state index is 12.8. The molecule has 0 aromatic heterocycles. The number of benzene rings is 2. The molecule has 5 nitrogen and oxygen atoms in total. The summed E-state index contributed by atoms with van der Waals surface area (Å²) in [5, 5.41) is 3.21. The van der Waals surface area contributed by atoms with Gasteiger partial charge in [-0.25, -0.2) is 0 Å². The van der Waals surface area contributed by atoms with E-state index in [1.54, 1.807) is 12.0 Å². The Bertz CT molecular complexity index is 902. The fraction of sp³-hybridized carbons (Fsp3) is 0.435. The topological polar surface area (TPSA) is 50.8 Å². The molecule has 0 spiro atoms. The molecular weight excluding hydrogens is 445 g/mol. The summed E-state index contributed by atoms with van der Waals surface area (Å²) < 4.78 is 49.5. The van der Waals surface area contributed by atoms with E-state index in [-0.39, 0.29) is 30.0 Å². The van der Waals surface area contributed by atoms with Crippen molar-refractivity contribution in [2.45, 2.75) is 30.7 Å². The molecule has 2 aromatic rings. The van der Waals surface area contributed by atoms with Gasteiger partial charge in [0.1, 0.15) is 17.5 Å². The summed E-state index contributed by atoms with van der Waals surface area (Å²) in [6.07, 6.45) is -3.23. The van der Waals surface area contributed by atoms with Crippen molar-refractivity contribution in [1.29, 1.82) is 0 Å². The largest absolute Gasteiger partial charge is 0.490 e.